The lowest BCUT2D eigenvalue weighted by Crippen LogP contribution is -2.17. The fraction of sp³-hybridized carbons (Fsp3) is 0.417. The molecule has 0 aromatic carbocycles. The number of carbonyl (C=O) groups excluding carboxylic acids is 1. The molecule has 1 aliphatic heterocycles. The smallest absolute Gasteiger partial charge is 0.262 e. The van der Waals surface area contributed by atoms with Crippen LogP contribution in [0.1, 0.15) is 29.4 Å². The fourth-order valence-corrected chi connectivity index (χ4v) is 2.60. The summed E-state index contributed by atoms with van der Waals surface area (Å²) in [6.45, 7) is -0.0888. The topological polar surface area (TPSA) is 149 Å². The van der Waals surface area contributed by atoms with Crippen LogP contribution in [0.5, 0.6) is 0 Å². The number of hydrogen-bond acceptors (Lipinski definition) is 6. The van der Waals surface area contributed by atoms with Crippen LogP contribution >= 0.6 is 0 Å². The van der Waals surface area contributed by atoms with E-state index in [-0.39, 0.29) is 35.3 Å². The number of aliphatic hydroxyl groups is 1. The van der Waals surface area contributed by atoms with E-state index in [0.29, 0.717) is 12.8 Å². The monoisotopic (exact) mass is 293 g/mol. The molecule has 3 heterocycles. The number of nitrogens with zero attached hydrogens (tertiary/aromatic N) is 2. The number of nitrogens with one attached hydrogen (secondary N) is 1. The van der Waals surface area contributed by atoms with Gasteiger partial charge in [0.2, 0.25) is 5.95 Å². The van der Waals surface area contributed by atoms with Gasteiger partial charge in [-0.05, 0) is 12.8 Å². The number of amides is 1. The molecule has 0 unspecified atom stereocenters. The molecular formula is C12H15N5O4. The van der Waals surface area contributed by atoms with Crippen LogP contribution in [-0.2, 0) is 4.74 Å². The Morgan fingerprint density at radius 2 is 2.33 bits per heavy atom. The van der Waals surface area contributed by atoms with Crippen molar-refractivity contribution in [2.24, 2.45) is 5.73 Å². The number of aliphatic hydroxyl groups excluding tert-OH is 1. The Morgan fingerprint density at radius 1 is 1.57 bits per heavy atom. The highest BCUT2D eigenvalue weighted by Crippen LogP contribution is 2.31. The maximum absolute atomic E-state index is 12.0. The van der Waals surface area contributed by atoms with Crippen molar-refractivity contribution in [2.45, 2.75) is 25.2 Å². The van der Waals surface area contributed by atoms with Gasteiger partial charge in [0.1, 0.15) is 6.23 Å². The van der Waals surface area contributed by atoms with E-state index < -0.39 is 17.7 Å². The minimum atomic E-state index is -0.729. The second-order valence-electron chi connectivity index (χ2n) is 4.94. The molecule has 1 amide bonds. The predicted molar refractivity (Wildman–Crippen MR) is 73.5 cm³/mol. The molecule has 9 nitrogen and oxygen atoms in total. The molecule has 0 bridgehead atoms. The molecular weight excluding hydrogens is 278 g/mol. The van der Waals surface area contributed by atoms with Gasteiger partial charge in [-0.3, -0.25) is 14.6 Å². The lowest BCUT2D eigenvalue weighted by molar-refractivity contribution is -0.0204. The molecule has 9 heteroatoms. The average molecular weight is 293 g/mol. The second kappa shape index (κ2) is 4.86. The van der Waals surface area contributed by atoms with Crippen LogP contribution in [-0.4, -0.2) is 38.3 Å². The van der Waals surface area contributed by atoms with Gasteiger partial charge in [0.25, 0.3) is 11.5 Å². The van der Waals surface area contributed by atoms with Crippen LogP contribution in [0.3, 0.4) is 0 Å². The number of anilines is 1. The van der Waals surface area contributed by atoms with Gasteiger partial charge in [0.05, 0.1) is 23.7 Å². The third-order valence-corrected chi connectivity index (χ3v) is 3.57. The molecule has 1 fully saturated rings. The largest absolute Gasteiger partial charge is 0.394 e. The van der Waals surface area contributed by atoms with Crippen LogP contribution < -0.4 is 17.0 Å². The third-order valence-electron chi connectivity index (χ3n) is 3.57. The van der Waals surface area contributed by atoms with Crippen molar-refractivity contribution < 1.29 is 14.6 Å². The highest BCUT2D eigenvalue weighted by Gasteiger charge is 2.29. The van der Waals surface area contributed by atoms with Crippen molar-refractivity contribution in [1.82, 2.24) is 14.5 Å². The van der Waals surface area contributed by atoms with Crippen molar-refractivity contribution in [3.63, 3.8) is 0 Å². The zero-order valence-corrected chi connectivity index (χ0v) is 11.1. The maximum atomic E-state index is 12.0. The Bertz CT molecular complexity index is 765. The van der Waals surface area contributed by atoms with Crippen LogP contribution in [0.15, 0.2) is 11.0 Å². The van der Waals surface area contributed by atoms with Gasteiger partial charge in [-0.15, -0.1) is 0 Å². The average Bonchev–Trinajstić information content (AvgIpc) is 3.01. The minimum Gasteiger partial charge on any atom is -0.394 e. The van der Waals surface area contributed by atoms with Gasteiger partial charge in [-0.2, -0.15) is 4.98 Å². The zero-order chi connectivity index (χ0) is 15.1. The standard InChI is InChI=1S/C12H15N5O4/c13-9(19)6-3-17(7-2-1-5(4-18)21-7)10-8(6)11(20)16-12(14)15-10/h3,5,7,18H,1-2,4H2,(H2,13,19)(H3,14,15,16,20)/t5-,7+/m0/s1. The molecule has 0 saturated carbocycles. The van der Waals surface area contributed by atoms with E-state index in [1.165, 1.54) is 6.20 Å². The van der Waals surface area contributed by atoms with Gasteiger partial charge in [0, 0.05) is 6.20 Å². The number of nitrogens with two attached hydrogens (primary N) is 2. The van der Waals surface area contributed by atoms with E-state index in [2.05, 4.69) is 9.97 Å². The summed E-state index contributed by atoms with van der Waals surface area (Å²) in [5.74, 6) is -0.785. The van der Waals surface area contributed by atoms with Crippen molar-refractivity contribution in [3.8, 4) is 0 Å². The summed E-state index contributed by atoms with van der Waals surface area (Å²) in [7, 11) is 0. The third kappa shape index (κ3) is 2.16. The number of rotatable bonds is 3. The first-order valence-electron chi connectivity index (χ1n) is 6.47. The molecule has 21 heavy (non-hydrogen) atoms. The molecule has 1 saturated heterocycles. The van der Waals surface area contributed by atoms with Crippen LogP contribution in [0.25, 0.3) is 11.0 Å². The van der Waals surface area contributed by atoms with E-state index in [9.17, 15) is 9.59 Å². The minimum absolute atomic E-state index is 0.0559. The number of fused-ring (bicyclic) bond motifs is 1. The van der Waals surface area contributed by atoms with Crippen molar-refractivity contribution in [1.29, 1.82) is 0 Å². The highest BCUT2D eigenvalue weighted by molar-refractivity contribution is 6.05. The Morgan fingerprint density at radius 3 is 2.95 bits per heavy atom. The maximum Gasteiger partial charge on any atom is 0.262 e. The SMILES string of the molecule is NC(=O)c1cn([C@H]2CC[C@@H](CO)O2)c2nc(N)[nH]c(=O)c12. The van der Waals surface area contributed by atoms with E-state index in [4.69, 9.17) is 21.3 Å². The number of H-pyrrole nitrogens is 1. The summed E-state index contributed by atoms with van der Waals surface area (Å²) in [6.07, 6.45) is 2.04. The molecule has 1 aliphatic rings. The summed E-state index contributed by atoms with van der Waals surface area (Å²) < 4.78 is 7.21. The van der Waals surface area contributed by atoms with Crippen LogP contribution in [0, 0.1) is 0 Å². The van der Waals surface area contributed by atoms with Gasteiger partial charge in [-0.25, -0.2) is 0 Å². The van der Waals surface area contributed by atoms with Gasteiger partial charge in [0.15, 0.2) is 5.65 Å². The normalized spacial score (nSPS) is 22.0. The van der Waals surface area contributed by atoms with Gasteiger partial charge in [-0.1, -0.05) is 0 Å². The number of aromatic amines is 1. The Labute approximate surface area is 118 Å². The molecule has 6 N–H and O–H groups in total. The summed E-state index contributed by atoms with van der Waals surface area (Å²) in [4.78, 5) is 29.9. The quantitative estimate of drug-likeness (QED) is 0.574. The Balaban J connectivity index is 2.19. The molecule has 0 aliphatic carbocycles. The van der Waals surface area contributed by atoms with E-state index in [1.807, 2.05) is 0 Å². The predicted octanol–water partition coefficient (Wildman–Crippen LogP) is -0.924. The summed E-state index contributed by atoms with van der Waals surface area (Å²) >= 11 is 0. The van der Waals surface area contributed by atoms with E-state index in [0.717, 1.165) is 0 Å². The number of nitrogen functional groups attached to an aromatic ring is 1. The Hall–Kier alpha value is -2.39. The first kappa shape index (κ1) is 13.6. The molecule has 0 spiro atoms. The number of hydrogen-bond donors (Lipinski definition) is 4. The van der Waals surface area contributed by atoms with Gasteiger partial charge < -0.3 is 25.9 Å². The molecule has 0 radical (unpaired) electrons. The fourth-order valence-electron chi connectivity index (χ4n) is 2.60. The number of aromatic nitrogens is 3. The number of primary amides is 1. The van der Waals surface area contributed by atoms with Gasteiger partial charge >= 0.3 is 0 Å². The summed E-state index contributed by atoms with van der Waals surface area (Å²) in [6, 6.07) is 0. The number of ether oxygens (including phenoxy) is 1. The molecule has 112 valence electrons. The van der Waals surface area contributed by atoms with Crippen LogP contribution in [0.2, 0.25) is 0 Å². The molecule has 3 rings (SSSR count). The first-order chi connectivity index (χ1) is 10.0. The lowest BCUT2D eigenvalue weighted by Gasteiger charge is -2.14. The second-order valence-corrected chi connectivity index (χ2v) is 4.94. The molecule has 2 aromatic rings. The lowest BCUT2D eigenvalue weighted by atomic mass is 10.2. The molecule has 2 atom stereocenters. The van der Waals surface area contributed by atoms with E-state index >= 15 is 0 Å². The van der Waals surface area contributed by atoms with E-state index in [1.54, 1.807) is 4.57 Å². The summed E-state index contributed by atoms with van der Waals surface area (Å²) in [5, 5.41) is 9.22. The van der Waals surface area contributed by atoms with Crippen LogP contribution in [0.4, 0.5) is 5.95 Å². The van der Waals surface area contributed by atoms with Crippen molar-refractivity contribution in [3.05, 3.63) is 22.1 Å². The highest BCUT2D eigenvalue weighted by atomic mass is 16.5. The molecule has 2 aromatic heterocycles. The Kier molecular flexibility index (Phi) is 3.15. The summed E-state index contributed by atoms with van der Waals surface area (Å²) in [5.41, 5.74) is 10.6. The van der Waals surface area contributed by atoms with Crippen molar-refractivity contribution in [2.75, 3.05) is 12.3 Å². The number of carbonyl (C=O) groups is 1. The zero-order valence-electron chi connectivity index (χ0n) is 11.1. The first-order valence-corrected chi connectivity index (χ1v) is 6.47. The van der Waals surface area contributed by atoms with Crippen molar-refractivity contribution >= 4 is 22.9 Å².